The van der Waals surface area contributed by atoms with E-state index < -0.39 is 23.5 Å². The first kappa shape index (κ1) is 23.7. The van der Waals surface area contributed by atoms with Crippen molar-refractivity contribution < 1.29 is 23.8 Å². The zero-order chi connectivity index (χ0) is 24.8. The lowest BCUT2D eigenvalue weighted by atomic mass is 9.85. The van der Waals surface area contributed by atoms with E-state index >= 15 is 0 Å². The van der Waals surface area contributed by atoms with Crippen LogP contribution in [0.15, 0.2) is 59.5 Å². The minimum absolute atomic E-state index is 0.0239. The molecule has 1 aliphatic heterocycles. The van der Waals surface area contributed by atoms with Gasteiger partial charge in [0.2, 0.25) is 0 Å². The van der Waals surface area contributed by atoms with Gasteiger partial charge in [-0.05, 0) is 71.3 Å². The molecule has 1 N–H and O–H groups in total. The van der Waals surface area contributed by atoms with Crippen molar-refractivity contribution in [3.05, 3.63) is 86.9 Å². The first-order valence-electron chi connectivity index (χ1n) is 10.8. The fourth-order valence-corrected chi connectivity index (χ4v) is 5.14. The van der Waals surface area contributed by atoms with Gasteiger partial charge < -0.3 is 9.84 Å². The molecule has 7 heteroatoms. The fraction of sp³-hybridized carbons (Fsp3) is 0.259. The molecule has 1 fully saturated rings. The number of rotatable bonds is 4. The van der Waals surface area contributed by atoms with E-state index in [9.17, 15) is 19.1 Å². The summed E-state index contributed by atoms with van der Waals surface area (Å²) in [6.45, 7) is 8.01. The summed E-state index contributed by atoms with van der Waals surface area (Å²) in [6.07, 6.45) is 0. The predicted octanol–water partition coefficient (Wildman–Crippen LogP) is 6.13. The van der Waals surface area contributed by atoms with Crippen molar-refractivity contribution in [2.75, 3.05) is 12.0 Å². The Labute approximate surface area is 202 Å². The number of nitrogens with zero attached hydrogens (tertiary/aromatic N) is 1. The molecule has 176 valence electrons. The number of ether oxygens (including phenoxy) is 1. The molecule has 3 aromatic rings. The summed E-state index contributed by atoms with van der Waals surface area (Å²) in [4.78, 5) is 28.7. The van der Waals surface area contributed by atoms with E-state index in [4.69, 9.17) is 4.74 Å². The molecule has 1 atom stereocenters. The van der Waals surface area contributed by atoms with Crippen LogP contribution >= 0.6 is 11.3 Å². The van der Waals surface area contributed by atoms with Crippen LogP contribution in [0.25, 0.3) is 5.76 Å². The Kier molecular flexibility index (Phi) is 6.08. The highest BCUT2D eigenvalue weighted by molar-refractivity contribution is 7.10. The van der Waals surface area contributed by atoms with E-state index in [0.29, 0.717) is 17.0 Å². The number of ketones is 1. The SMILES string of the molecule is COc1ccc(C(C)(C)C)cc1/C(O)=C1\C(=O)C(=O)N(c2ccc(F)cc2)C1c1sccc1C. The first-order valence-corrected chi connectivity index (χ1v) is 11.7. The molecule has 1 aromatic heterocycles. The van der Waals surface area contributed by atoms with Crippen molar-refractivity contribution in [2.24, 2.45) is 0 Å². The summed E-state index contributed by atoms with van der Waals surface area (Å²) in [5.41, 5.74) is 2.29. The quantitative estimate of drug-likeness (QED) is 0.278. The molecule has 1 amide bonds. The van der Waals surface area contributed by atoms with Gasteiger partial charge in [-0.15, -0.1) is 11.3 Å². The van der Waals surface area contributed by atoms with E-state index in [1.807, 2.05) is 45.2 Å². The third kappa shape index (κ3) is 4.01. The van der Waals surface area contributed by atoms with Gasteiger partial charge in [0.25, 0.3) is 11.7 Å². The van der Waals surface area contributed by atoms with Crippen molar-refractivity contribution in [3.8, 4) is 5.75 Å². The summed E-state index contributed by atoms with van der Waals surface area (Å²) >= 11 is 1.39. The van der Waals surface area contributed by atoms with Crippen LogP contribution in [0.1, 0.15) is 48.4 Å². The van der Waals surface area contributed by atoms with Gasteiger partial charge in [-0.2, -0.15) is 0 Å². The van der Waals surface area contributed by atoms with Gasteiger partial charge >= 0.3 is 0 Å². The van der Waals surface area contributed by atoms with Gasteiger partial charge in [0.1, 0.15) is 23.4 Å². The van der Waals surface area contributed by atoms with Crippen LogP contribution < -0.4 is 9.64 Å². The van der Waals surface area contributed by atoms with Crippen molar-refractivity contribution in [3.63, 3.8) is 0 Å². The summed E-state index contributed by atoms with van der Waals surface area (Å²) in [5.74, 6) is -1.95. The van der Waals surface area contributed by atoms with E-state index in [2.05, 4.69) is 0 Å². The topological polar surface area (TPSA) is 66.8 Å². The number of halogens is 1. The summed E-state index contributed by atoms with van der Waals surface area (Å²) in [5, 5.41) is 13.4. The molecule has 1 saturated heterocycles. The van der Waals surface area contributed by atoms with Gasteiger partial charge in [0, 0.05) is 10.6 Å². The number of carbonyl (C=O) groups excluding carboxylic acids is 2. The van der Waals surface area contributed by atoms with Gasteiger partial charge in [-0.25, -0.2) is 4.39 Å². The molecule has 5 nitrogen and oxygen atoms in total. The molecule has 34 heavy (non-hydrogen) atoms. The molecule has 1 aliphatic rings. The van der Waals surface area contributed by atoms with Crippen LogP contribution in [0, 0.1) is 12.7 Å². The minimum Gasteiger partial charge on any atom is -0.507 e. The van der Waals surface area contributed by atoms with Crippen molar-refractivity contribution in [1.82, 2.24) is 0 Å². The highest BCUT2D eigenvalue weighted by Crippen LogP contribution is 2.46. The largest absolute Gasteiger partial charge is 0.507 e. The second-order valence-electron chi connectivity index (χ2n) is 9.28. The van der Waals surface area contributed by atoms with Crippen LogP contribution in [0.2, 0.25) is 0 Å². The summed E-state index contributed by atoms with van der Waals surface area (Å²) in [6, 6.07) is 11.9. The lowest BCUT2D eigenvalue weighted by molar-refractivity contribution is -0.132. The fourth-order valence-electron chi connectivity index (χ4n) is 4.12. The lowest BCUT2D eigenvalue weighted by Gasteiger charge is -2.25. The number of anilines is 1. The van der Waals surface area contributed by atoms with Crippen LogP contribution in [0.3, 0.4) is 0 Å². The molecular weight excluding hydrogens is 453 g/mol. The first-order chi connectivity index (χ1) is 16.0. The number of aliphatic hydroxyl groups is 1. The third-order valence-electron chi connectivity index (χ3n) is 6.02. The second kappa shape index (κ2) is 8.72. The number of methoxy groups -OCH3 is 1. The highest BCUT2D eigenvalue weighted by atomic mass is 32.1. The summed E-state index contributed by atoms with van der Waals surface area (Å²) < 4.78 is 19.1. The number of hydrogen-bond donors (Lipinski definition) is 1. The maximum atomic E-state index is 13.6. The lowest BCUT2D eigenvalue weighted by Crippen LogP contribution is -2.29. The van der Waals surface area contributed by atoms with Crippen molar-refractivity contribution in [1.29, 1.82) is 0 Å². The number of thiophene rings is 1. The molecule has 2 aromatic carbocycles. The Hall–Kier alpha value is -3.45. The number of aliphatic hydroxyl groups excluding tert-OH is 1. The number of benzene rings is 2. The Morgan fingerprint density at radius 1 is 1.09 bits per heavy atom. The highest BCUT2D eigenvalue weighted by Gasteiger charge is 2.48. The number of Topliss-reactive ketones (excluding diaryl/α,β-unsaturated/α-hetero) is 1. The zero-order valence-electron chi connectivity index (χ0n) is 19.7. The molecule has 0 aliphatic carbocycles. The van der Waals surface area contributed by atoms with Crippen molar-refractivity contribution in [2.45, 2.75) is 39.2 Å². The summed E-state index contributed by atoms with van der Waals surface area (Å²) in [7, 11) is 1.49. The van der Waals surface area contributed by atoms with E-state index in [1.54, 1.807) is 12.1 Å². The van der Waals surface area contributed by atoms with Gasteiger partial charge in [0.05, 0.1) is 18.2 Å². The Morgan fingerprint density at radius 3 is 2.32 bits per heavy atom. The van der Waals surface area contributed by atoms with Crippen LogP contribution in [-0.2, 0) is 15.0 Å². The number of hydrogen-bond acceptors (Lipinski definition) is 5. The van der Waals surface area contributed by atoms with Crippen LogP contribution in [-0.4, -0.2) is 23.9 Å². The standard InChI is InChI=1S/C27H26FNO4S/c1-15-12-13-34-25(15)22-21(24(31)26(32)29(22)18-9-7-17(28)8-10-18)23(30)19-14-16(27(2,3)4)6-11-20(19)33-5/h6-14,22,30H,1-5H3/b23-21+. The molecular formula is C27H26FNO4S. The predicted molar refractivity (Wildman–Crippen MR) is 132 cm³/mol. The maximum absolute atomic E-state index is 13.6. The minimum atomic E-state index is -0.853. The van der Waals surface area contributed by atoms with E-state index in [0.717, 1.165) is 16.0 Å². The van der Waals surface area contributed by atoms with Crippen LogP contribution in [0.4, 0.5) is 10.1 Å². The molecule has 4 rings (SSSR count). The van der Waals surface area contributed by atoms with E-state index in [1.165, 1.54) is 47.6 Å². The van der Waals surface area contributed by atoms with Crippen LogP contribution in [0.5, 0.6) is 5.75 Å². The smallest absolute Gasteiger partial charge is 0.300 e. The maximum Gasteiger partial charge on any atom is 0.300 e. The van der Waals surface area contributed by atoms with Crippen molar-refractivity contribution >= 4 is 34.5 Å². The monoisotopic (exact) mass is 479 g/mol. The molecule has 2 heterocycles. The Morgan fingerprint density at radius 2 is 1.76 bits per heavy atom. The average Bonchev–Trinajstić information content (AvgIpc) is 3.33. The molecule has 0 radical (unpaired) electrons. The van der Waals surface area contributed by atoms with Gasteiger partial charge in [-0.3, -0.25) is 14.5 Å². The molecule has 1 unspecified atom stereocenters. The zero-order valence-corrected chi connectivity index (χ0v) is 20.5. The number of aryl methyl sites for hydroxylation is 1. The number of amides is 1. The Balaban J connectivity index is 1.99. The van der Waals surface area contributed by atoms with Gasteiger partial charge in [0.15, 0.2) is 0 Å². The van der Waals surface area contributed by atoms with Gasteiger partial charge in [-0.1, -0.05) is 26.8 Å². The van der Waals surface area contributed by atoms with E-state index in [-0.39, 0.29) is 16.7 Å². The normalized spacial score (nSPS) is 17.9. The molecule has 0 bridgehead atoms. The Bertz CT molecular complexity index is 1300. The molecule has 0 saturated carbocycles. The second-order valence-corrected chi connectivity index (χ2v) is 10.2. The third-order valence-corrected chi connectivity index (χ3v) is 7.09. The molecule has 0 spiro atoms. The average molecular weight is 480 g/mol. The number of carbonyl (C=O) groups is 2.